The van der Waals surface area contributed by atoms with Crippen LogP contribution in [-0.2, 0) is 14.3 Å². The lowest BCUT2D eigenvalue weighted by Crippen LogP contribution is -2.60. The summed E-state index contributed by atoms with van der Waals surface area (Å²) in [5, 5.41) is 3.24. The second-order valence-electron chi connectivity index (χ2n) is 14.8. The highest BCUT2D eigenvalue weighted by molar-refractivity contribution is 5.89. The predicted octanol–water partition coefficient (Wildman–Crippen LogP) is 5.30. The Kier molecular flexibility index (Phi) is 5.32. The monoisotopic (exact) mass is 494 g/mol. The maximum absolute atomic E-state index is 12.4. The van der Waals surface area contributed by atoms with Crippen molar-refractivity contribution in [3.63, 3.8) is 0 Å². The average Bonchev–Trinajstić information content (AvgIpc) is 3.18. The zero-order chi connectivity index (χ0) is 24.9. The van der Waals surface area contributed by atoms with Gasteiger partial charge in [0.15, 0.2) is 0 Å². The molecule has 0 radical (unpaired) electrons. The van der Waals surface area contributed by atoms with Gasteiger partial charge in [0, 0.05) is 24.4 Å². The van der Waals surface area contributed by atoms with Crippen molar-refractivity contribution in [2.75, 3.05) is 7.05 Å². The lowest BCUT2D eigenvalue weighted by atomic mass is 9.47. The number of nitrogens with zero attached hydrogens (tertiary/aromatic N) is 1. The number of fused-ring (bicyclic) bond motifs is 5. The molecule has 2 amide bonds. The van der Waals surface area contributed by atoms with E-state index in [2.05, 4.69) is 25.2 Å². The number of rotatable bonds is 5. The fourth-order valence-corrected chi connectivity index (χ4v) is 12.0. The Morgan fingerprint density at radius 3 is 2.36 bits per heavy atom. The van der Waals surface area contributed by atoms with Crippen LogP contribution >= 0.6 is 0 Å². The van der Waals surface area contributed by atoms with E-state index in [1.165, 1.54) is 64.2 Å². The molecule has 4 bridgehead atoms. The van der Waals surface area contributed by atoms with Gasteiger partial charge in [-0.05, 0) is 124 Å². The van der Waals surface area contributed by atoms with Crippen LogP contribution in [0.15, 0.2) is 12.2 Å². The third kappa shape index (κ3) is 3.29. The van der Waals surface area contributed by atoms with Gasteiger partial charge in [0.25, 0.3) is 0 Å². The highest BCUT2D eigenvalue weighted by Gasteiger charge is 2.62. The molecule has 0 aromatic heterocycles. The third-order valence-corrected chi connectivity index (χ3v) is 13.2. The summed E-state index contributed by atoms with van der Waals surface area (Å²) < 4.78 is 7.16. The predicted molar refractivity (Wildman–Crippen MR) is 139 cm³/mol. The maximum atomic E-state index is 12.4. The fourth-order valence-electron chi connectivity index (χ4n) is 12.0. The van der Waals surface area contributed by atoms with Gasteiger partial charge in [-0.1, -0.05) is 19.9 Å². The largest absolute Gasteiger partial charge is 0.352 e. The Labute approximate surface area is 217 Å². The molecule has 7 saturated carbocycles. The average molecular weight is 495 g/mol. The topological polar surface area (TPSA) is 58.6 Å². The number of hydrogen-bond acceptors (Lipinski definition) is 3. The quantitative estimate of drug-likeness (QED) is 0.417. The maximum Gasteiger partial charge on any atom is 0.246 e. The van der Waals surface area contributed by atoms with Gasteiger partial charge >= 0.3 is 0 Å². The summed E-state index contributed by atoms with van der Waals surface area (Å²) in [5.74, 6) is 5.14. The number of ether oxygens (including phenoxy) is 1. The molecule has 8 rings (SSSR count). The molecular weight excluding hydrogens is 448 g/mol. The first-order valence-corrected chi connectivity index (χ1v) is 15.1. The van der Waals surface area contributed by atoms with Gasteiger partial charge in [-0.3, -0.25) is 9.59 Å². The SMILES string of the molecule is CN1C(=O)C=C[C@]2(C)[C@H]3CC[C@]4(C)[C@@H](C(NC=O)OC56CC7CC(CC(C7)C5)C6)CC[C@H]4[C@@H]3CC[C@@H]12. The summed E-state index contributed by atoms with van der Waals surface area (Å²) in [5.41, 5.74) is 0.311. The number of amides is 2. The number of nitrogens with one attached hydrogen (secondary N) is 1. The summed E-state index contributed by atoms with van der Waals surface area (Å²) in [4.78, 5) is 26.3. The minimum atomic E-state index is -0.143. The van der Waals surface area contributed by atoms with Crippen molar-refractivity contribution in [3.05, 3.63) is 12.2 Å². The van der Waals surface area contributed by atoms with E-state index in [1.54, 1.807) is 0 Å². The highest BCUT2D eigenvalue weighted by atomic mass is 16.5. The summed E-state index contributed by atoms with van der Waals surface area (Å²) in [6.07, 6.45) is 20.0. The smallest absolute Gasteiger partial charge is 0.246 e. The van der Waals surface area contributed by atoms with Crippen LogP contribution in [0.5, 0.6) is 0 Å². The Morgan fingerprint density at radius 1 is 1.00 bits per heavy atom. The van der Waals surface area contributed by atoms with E-state index in [-0.39, 0.29) is 28.6 Å². The molecule has 198 valence electrons. The first-order chi connectivity index (χ1) is 17.2. The second-order valence-corrected chi connectivity index (χ2v) is 14.8. The standard InChI is InChI=1S/C31H46N2O3/c1-29-10-8-24-22(4-7-26-30(24,2)11-9-27(35)33(26)3)23(29)5-6-25(29)28(32-18-34)36-31-15-19-12-20(16-31)14-21(13-19)17-31/h9,11,18-26,28H,4-8,10,12-17H2,1-3H3,(H,32,34)/t19?,20?,21?,22-,23-,24-,25+,26+,28?,29-,30+,31?/m0/s1. The molecule has 1 N–H and O–H groups in total. The molecule has 0 spiro atoms. The Bertz CT molecular complexity index is 926. The molecular formula is C31H46N2O3. The molecule has 8 atom stereocenters. The number of hydrogen-bond donors (Lipinski definition) is 1. The Morgan fingerprint density at radius 2 is 1.69 bits per heavy atom. The van der Waals surface area contributed by atoms with Gasteiger partial charge in [-0.15, -0.1) is 0 Å². The van der Waals surface area contributed by atoms with Crippen LogP contribution in [0.1, 0.15) is 90.9 Å². The zero-order valence-electron chi connectivity index (χ0n) is 22.6. The van der Waals surface area contributed by atoms with Gasteiger partial charge in [-0.2, -0.15) is 0 Å². The molecule has 1 heterocycles. The minimum Gasteiger partial charge on any atom is -0.352 e. The van der Waals surface area contributed by atoms with Crippen molar-refractivity contribution >= 4 is 12.3 Å². The molecule has 7 fully saturated rings. The Balaban J connectivity index is 1.14. The first-order valence-electron chi connectivity index (χ1n) is 15.1. The molecule has 0 aromatic rings. The Hall–Kier alpha value is -1.36. The number of likely N-dealkylation sites (N-methyl/N-ethyl adjacent to an activating group) is 1. The van der Waals surface area contributed by atoms with Gasteiger partial charge in [0.1, 0.15) is 6.23 Å². The molecule has 1 unspecified atom stereocenters. The third-order valence-electron chi connectivity index (χ3n) is 13.2. The molecule has 36 heavy (non-hydrogen) atoms. The molecule has 0 aromatic carbocycles. The summed E-state index contributed by atoms with van der Waals surface area (Å²) in [6.45, 7) is 4.96. The second kappa shape index (κ2) is 8.07. The van der Waals surface area contributed by atoms with E-state index in [1.807, 2.05) is 18.0 Å². The van der Waals surface area contributed by atoms with Crippen LogP contribution in [0, 0.1) is 52.3 Å². The highest BCUT2D eigenvalue weighted by Crippen LogP contribution is 2.66. The molecule has 5 heteroatoms. The van der Waals surface area contributed by atoms with Gasteiger partial charge in [-0.25, -0.2) is 0 Å². The van der Waals surface area contributed by atoms with Gasteiger partial charge in [0.2, 0.25) is 12.3 Å². The molecule has 1 aliphatic heterocycles. The lowest BCUT2D eigenvalue weighted by Gasteiger charge is -2.61. The van der Waals surface area contributed by atoms with E-state index >= 15 is 0 Å². The van der Waals surface area contributed by atoms with Crippen LogP contribution in [0.4, 0.5) is 0 Å². The molecule has 5 nitrogen and oxygen atoms in total. The van der Waals surface area contributed by atoms with Crippen molar-refractivity contribution < 1.29 is 14.3 Å². The van der Waals surface area contributed by atoms with Crippen LogP contribution < -0.4 is 5.32 Å². The fraction of sp³-hybridized carbons (Fsp3) is 0.871. The van der Waals surface area contributed by atoms with Crippen molar-refractivity contribution in [1.29, 1.82) is 0 Å². The van der Waals surface area contributed by atoms with Crippen molar-refractivity contribution in [3.8, 4) is 0 Å². The van der Waals surface area contributed by atoms with E-state index in [9.17, 15) is 9.59 Å². The van der Waals surface area contributed by atoms with Crippen LogP contribution in [0.2, 0.25) is 0 Å². The summed E-state index contributed by atoms with van der Waals surface area (Å²) in [7, 11) is 2.01. The van der Waals surface area contributed by atoms with E-state index in [0.717, 1.165) is 37.0 Å². The molecule has 8 aliphatic rings. The first kappa shape index (κ1) is 23.7. The van der Waals surface area contributed by atoms with E-state index in [0.29, 0.717) is 29.7 Å². The normalized spacial score (nSPS) is 53.5. The number of carbonyl (C=O) groups excluding carboxylic acids is 2. The molecule has 7 aliphatic carbocycles. The van der Waals surface area contributed by atoms with Crippen molar-refractivity contribution in [1.82, 2.24) is 10.2 Å². The lowest BCUT2D eigenvalue weighted by molar-refractivity contribution is -0.216. The van der Waals surface area contributed by atoms with Crippen molar-refractivity contribution in [2.24, 2.45) is 52.3 Å². The number of carbonyl (C=O) groups is 2. The van der Waals surface area contributed by atoms with Crippen LogP contribution in [0.25, 0.3) is 0 Å². The van der Waals surface area contributed by atoms with Crippen molar-refractivity contribution in [2.45, 2.75) is 109 Å². The minimum absolute atomic E-state index is 0.0105. The van der Waals surface area contributed by atoms with Crippen LogP contribution in [0.3, 0.4) is 0 Å². The van der Waals surface area contributed by atoms with Crippen LogP contribution in [-0.4, -0.2) is 42.1 Å². The zero-order valence-corrected chi connectivity index (χ0v) is 22.6. The summed E-state index contributed by atoms with van der Waals surface area (Å²) >= 11 is 0. The van der Waals surface area contributed by atoms with E-state index in [4.69, 9.17) is 4.74 Å². The van der Waals surface area contributed by atoms with Gasteiger partial charge in [0.05, 0.1) is 5.60 Å². The summed E-state index contributed by atoms with van der Waals surface area (Å²) in [6, 6.07) is 0.335. The van der Waals surface area contributed by atoms with E-state index < -0.39 is 0 Å². The molecule has 0 saturated heterocycles. The van der Waals surface area contributed by atoms with Gasteiger partial charge < -0.3 is 15.0 Å².